The summed E-state index contributed by atoms with van der Waals surface area (Å²) in [4.78, 5) is 20.8. The van der Waals surface area contributed by atoms with Gasteiger partial charge in [-0.15, -0.1) is 0 Å². The second-order valence-corrected chi connectivity index (χ2v) is 7.32. The van der Waals surface area contributed by atoms with Crippen LogP contribution in [0.5, 0.6) is 5.75 Å². The van der Waals surface area contributed by atoms with Crippen LogP contribution in [0.1, 0.15) is 18.1 Å². The Hall–Kier alpha value is -2.86. The number of nitrogens with one attached hydrogen (secondary N) is 1. The summed E-state index contributed by atoms with van der Waals surface area (Å²) in [5, 5.41) is 2.93. The van der Waals surface area contributed by atoms with E-state index in [2.05, 4.69) is 50.4 Å². The molecule has 6 nitrogen and oxygen atoms in total. The van der Waals surface area contributed by atoms with Crippen molar-refractivity contribution in [3.05, 3.63) is 53.6 Å². The number of carbonyl (C=O) groups is 1. The van der Waals surface area contributed by atoms with Crippen molar-refractivity contribution in [3.8, 4) is 5.75 Å². The number of piperazine rings is 1. The molecule has 6 heteroatoms. The van der Waals surface area contributed by atoms with Gasteiger partial charge in [-0.2, -0.15) is 0 Å². The average molecular weight is 378 g/mol. The Bertz CT molecular complexity index is 871. The summed E-state index contributed by atoms with van der Waals surface area (Å²) in [5.74, 6) is 0.659. The summed E-state index contributed by atoms with van der Waals surface area (Å²) < 4.78 is 5.64. The van der Waals surface area contributed by atoms with Gasteiger partial charge in [0.1, 0.15) is 5.75 Å². The first kappa shape index (κ1) is 18.5. The van der Waals surface area contributed by atoms with Gasteiger partial charge >= 0.3 is 0 Å². The van der Waals surface area contributed by atoms with Crippen LogP contribution in [0.3, 0.4) is 0 Å². The van der Waals surface area contributed by atoms with Crippen molar-refractivity contribution < 1.29 is 9.53 Å². The molecule has 1 saturated heterocycles. The molecule has 2 aromatic rings. The maximum Gasteiger partial charge on any atom is 0.265 e. The lowest BCUT2D eigenvalue weighted by molar-refractivity contribution is -0.122. The van der Waals surface area contributed by atoms with Gasteiger partial charge in [0, 0.05) is 51.7 Å². The van der Waals surface area contributed by atoms with E-state index in [1.165, 1.54) is 11.3 Å². The van der Waals surface area contributed by atoms with Gasteiger partial charge in [0.2, 0.25) is 0 Å². The topological polar surface area (TPSA) is 57.2 Å². The first-order valence-corrected chi connectivity index (χ1v) is 9.72. The van der Waals surface area contributed by atoms with Gasteiger partial charge in [0.25, 0.3) is 5.91 Å². The zero-order chi connectivity index (χ0) is 19.5. The molecule has 0 aromatic heterocycles. The predicted octanol–water partition coefficient (Wildman–Crippen LogP) is 2.78. The van der Waals surface area contributed by atoms with Crippen LogP contribution in [-0.2, 0) is 11.3 Å². The zero-order valence-electron chi connectivity index (χ0n) is 16.4. The molecule has 2 aromatic carbocycles. The Morgan fingerprint density at radius 1 is 1.14 bits per heavy atom. The van der Waals surface area contributed by atoms with E-state index in [1.54, 1.807) is 14.0 Å². The summed E-state index contributed by atoms with van der Waals surface area (Å²) in [5.41, 5.74) is 4.35. The first-order valence-electron chi connectivity index (χ1n) is 9.72. The molecule has 0 spiro atoms. The SMILES string of the molecule is CN=Cc1ccc(N2CCN(Cc3ccc4c(c3)NC(=O)C(C)O4)CC2)cc1. The maximum absolute atomic E-state index is 11.8. The third kappa shape index (κ3) is 4.02. The van der Waals surface area contributed by atoms with Crippen molar-refractivity contribution in [2.45, 2.75) is 19.6 Å². The van der Waals surface area contributed by atoms with Crippen LogP contribution in [0.4, 0.5) is 11.4 Å². The van der Waals surface area contributed by atoms with E-state index in [-0.39, 0.29) is 5.91 Å². The number of fused-ring (bicyclic) bond motifs is 1. The molecule has 2 aliphatic heterocycles. The molecule has 1 atom stereocenters. The molecule has 1 fully saturated rings. The highest BCUT2D eigenvalue weighted by molar-refractivity contribution is 5.97. The van der Waals surface area contributed by atoms with E-state index in [4.69, 9.17) is 4.74 Å². The monoisotopic (exact) mass is 378 g/mol. The number of rotatable bonds is 4. The largest absolute Gasteiger partial charge is 0.479 e. The molecular formula is C22H26N4O2. The molecule has 1 amide bonds. The van der Waals surface area contributed by atoms with E-state index >= 15 is 0 Å². The molecule has 0 saturated carbocycles. The fourth-order valence-electron chi connectivity index (χ4n) is 3.70. The molecule has 1 unspecified atom stereocenters. The number of ether oxygens (including phenoxy) is 1. The lowest BCUT2D eigenvalue weighted by Gasteiger charge is -2.36. The number of hydrogen-bond donors (Lipinski definition) is 1. The van der Waals surface area contributed by atoms with Gasteiger partial charge in [0.15, 0.2) is 6.10 Å². The number of carbonyl (C=O) groups excluding carboxylic acids is 1. The van der Waals surface area contributed by atoms with Crippen LogP contribution >= 0.6 is 0 Å². The Balaban J connectivity index is 1.34. The maximum atomic E-state index is 11.8. The molecular weight excluding hydrogens is 352 g/mol. The van der Waals surface area contributed by atoms with Gasteiger partial charge in [-0.3, -0.25) is 14.7 Å². The second-order valence-electron chi connectivity index (χ2n) is 7.32. The van der Waals surface area contributed by atoms with Crippen molar-refractivity contribution >= 4 is 23.5 Å². The van der Waals surface area contributed by atoms with Gasteiger partial charge in [0.05, 0.1) is 5.69 Å². The van der Waals surface area contributed by atoms with Crippen molar-refractivity contribution in [2.24, 2.45) is 4.99 Å². The Labute approximate surface area is 165 Å². The minimum Gasteiger partial charge on any atom is -0.479 e. The van der Waals surface area contributed by atoms with Crippen molar-refractivity contribution in [2.75, 3.05) is 43.4 Å². The number of benzene rings is 2. The van der Waals surface area contributed by atoms with Gasteiger partial charge in [-0.1, -0.05) is 18.2 Å². The van der Waals surface area contributed by atoms with Gasteiger partial charge < -0.3 is 15.0 Å². The Morgan fingerprint density at radius 2 is 1.89 bits per heavy atom. The zero-order valence-corrected chi connectivity index (χ0v) is 16.4. The summed E-state index contributed by atoms with van der Waals surface area (Å²) in [6.45, 7) is 6.66. The van der Waals surface area contributed by atoms with Crippen molar-refractivity contribution in [1.29, 1.82) is 0 Å². The number of amides is 1. The molecule has 0 radical (unpaired) electrons. The minimum absolute atomic E-state index is 0.0884. The van der Waals surface area contributed by atoms with Gasteiger partial charge in [-0.05, 0) is 42.3 Å². The minimum atomic E-state index is -0.435. The van der Waals surface area contributed by atoms with Crippen LogP contribution < -0.4 is 15.0 Å². The van der Waals surface area contributed by atoms with Gasteiger partial charge in [-0.25, -0.2) is 0 Å². The lowest BCUT2D eigenvalue weighted by Crippen LogP contribution is -2.46. The molecule has 0 aliphatic carbocycles. The van der Waals surface area contributed by atoms with E-state index in [0.717, 1.165) is 49.7 Å². The smallest absolute Gasteiger partial charge is 0.265 e. The normalized spacial score (nSPS) is 20.0. The quantitative estimate of drug-likeness (QED) is 0.832. The molecule has 2 heterocycles. The predicted molar refractivity (Wildman–Crippen MR) is 113 cm³/mol. The first-order chi connectivity index (χ1) is 13.6. The third-order valence-electron chi connectivity index (χ3n) is 5.29. The molecule has 28 heavy (non-hydrogen) atoms. The van der Waals surface area contributed by atoms with Crippen LogP contribution in [0.25, 0.3) is 0 Å². The summed E-state index contributed by atoms with van der Waals surface area (Å²) in [7, 11) is 1.79. The van der Waals surface area contributed by atoms with E-state index in [9.17, 15) is 4.79 Å². The number of nitrogens with zero attached hydrogens (tertiary/aromatic N) is 3. The number of aliphatic imine (C=N–C) groups is 1. The van der Waals surface area contributed by atoms with Crippen LogP contribution in [-0.4, -0.2) is 56.4 Å². The summed E-state index contributed by atoms with van der Waals surface area (Å²) in [6, 6.07) is 14.6. The third-order valence-corrected chi connectivity index (χ3v) is 5.29. The van der Waals surface area contributed by atoms with E-state index < -0.39 is 6.10 Å². The van der Waals surface area contributed by atoms with E-state index in [1.807, 2.05) is 18.3 Å². The highest BCUT2D eigenvalue weighted by Crippen LogP contribution is 2.31. The average Bonchev–Trinajstić information content (AvgIpc) is 2.71. The van der Waals surface area contributed by atoms with Crippen molar-refractivity contribution in [3.63, 3.8) is 0 Å². The number of hydrogen-bond acceptors (Lipinski definition) is 5. The summed E-state index contributed by atoms with van der Waals surface area (Å²) >= 11 is 0. The molecule has 2 aliphatic rings. The second kappa shape index (κ2) is 8.02. The Kier molecular flexibility index (Phi) is 5.30. The fraction of sp³-hybridized carbons (Fsp3) is 0.364. The highest BCUT2D eigenvalue weighted by Gasteiger charge is 2.24. The number of anilines is 2. The molecule has 4 rings (SSSR count). The molecule has 0 bridgehead atoms. The molecule has 1 N–H and O–H groups in total. The lowest BCUT2D eigenvalue weighted by atomic mass is 10.1. The fourth-order valence-corrected chi connectivity index (χ4v) is 3.70. The van der Waals surface area contributed by atoms with Crippen molar-refractivity contribution in [1.82, 2.24) is 4.90 Å². The van der Waals surface area contributed by atoms with Crippen LogP contribution in [0.15, 0.2) is 47.5 Å². The van der Waals surface area contributed by atoms with E-state index in [0.29, 0.717) is 0 Å². The van der Waals surface area contributed by atoms with Crippen LogP contribution in [0.2, 0.25) is 0 Å². The summed E-state index contributed by atoms with van der Waals surface area (Å²) in [6.07, 6.45) is 1.43. The molecule has 146 valence electrons. The highest BCUT2D eigenvalue weighted by atomic mass is 16.5. The van der Waals surface area contributed by atoms with Crippen LogP contribution in [0, 0.1) is 0 Å². The Morgan fingerprint density at radius 3 is 2.61 bits per heavy atom. The standard InChI is InChI=1S/C22H26N4O2/c1-16-22(27)24-20-13-18(5-8-21(20)28-16)15-25-9-11-26(12-10-25)19-6-3-17(4-7-19)14-23-2/h3-8,13-14,16H,9-12,15H2,1-2H3,(H,24,27).